The highest BCUT2D eigenvalue weighted by atomic mass is 32.2. The van der Waals surface area contributed by atoms with Crippen LogP contribution in [-0.4, -0.2) is 51.4 Å². The van der Waals surface area contributed by atoms with Crippen molar-refractivity contribution >= 4 is 23.6 Å². The molecule has 1 aliphatic rings. The lowest BCUT2D eigenvalue weighted by Crippen LogP contribution is -2.40. The van der Waals surface area contributed by atoms with E-state index in [9.17, 15) is 14.7 Å². The number of carbonyl (C=O) groups excluding carboxylic acids is 1. The number of nitrogens with zero attached hydrogens (tertiary/aromatic N) is 2. The van der Waals surface area contributed by atoms with Gasteiger partial charge in [-0.1, -0.05) is 12.1 Å². The van der Waals surface area contributed by atoms with Crippen LogP contribution in [0.2, 0.25) is 0 Å². The van der Waals surface area contributed by atoms with Crippen molar-refractivity contribution in [3.8, 4) is 6.07 Å². The van der Waals surface area contributed by atoms with Gasteiger partial charge in [0.05, 0.1) is 23.5 Å². The molecule has 2 unspecified atom stereocenters. The first kappa shape index (κ1) is 15.4. The molecule has 0 spiro atoms. The molecule has 1 heterocycles. The van der Waals surface area contributed by atoms with Crippen molar-refractivity contribution in [3.05, 3.63) is 29.8 Å². The normalized spacial score (nSPS) is 21.0. The van der Waals surface area contributed by atoms with Crippen molar-refractivity contribution < 1.29 is 19.8 Å². The summed E-state index contributed by atoms with van der Waals surface area (Å²) in [7, 11) is 0. The van der Waals surface area contributed by atoms with Crippen LogP contribution < -0.4 is 0 Å². The Labute approximate surface area is 126 Å². The quantitative estimate of drug-likeness (QED) is 0.803. The van der Waals surface area contributed by atoms with Crippen LogP contribution in [0.25, 0.3) is 0 Å². The van der Waals surface area contributed by atoms with Crippen molar-refractivity contribution in [2.75, 3.05) is 12.3 Å². The van der Waals surface area contributed by atoms with E-state index in [0.29, 0.717) is 10.5 Å². The highest BCUT2D eigenvalue weighted by Crippen LogP contribution is 2.27. The molecule has 1 aromatic rings. The molecule has 0 radical (unpaired) electrons. The predicted octanol–water partition coefficient (Wildman–Crippen LogP) is 0.962. The van der Waals surface area contributed by atoms with Crippen LogP contribution in [0.4, 0.5) is 0 Å². The number of aliphatic hydroxyl groups excluding tert-OH is 1. The number of aliphatic hydroxyl groups is 1. The number of carbonyl (C=O) groups is 2. The Bertz CT molecular complexity index is 599. The minimum Gasteiger partial charge on any atom is -0.480 e. The van der Waals surface area contributed by atoms with E-state index < -0.39 is 24.0 Å². The number of carboxylic acids is 1. The molecule has 0 saturated carbocycles. The van der Waals surface area contributed by atoms with Crippen LogP contribution in [0.1, 0.15) is 16.8 Å². The molecule has 2 N–H and O–H groups in total. The fourth-order valence-electron chi connectivity index (χ4n) is 2.31. The Hall–Kier alpha value is -2.04. The van der Waals surface area contributed by atoms with E-state index in [-0.39, 0.29) is 18.7 Å². The number of amides is 1. The average molecular weight is 306 g/mol. The molecule has 2 rings (SSSR count). The highest BCUT2D eigenvalue weighted by molar-refractivity contribution is 7.99. The van der Waals surface area contributed by atoms with Gasteiger partial charge in [-0.2, -0.15) is 5.26 Å². The van der Waals surface area contributed by atoms with Crippen molar-refractivity contribution in [2.45, 2.75) is 23.5 Å². The molecule has 1 aromatic carbocycles. The summed E-state index contributed by atoms with van der Waals surface area (Å²) in [6, 6.07) is 7.74. The number of likely N-dealkylation sites (tertiary alicyclic amines) is 1. The lowest BCUT2D eigenvalue weighted by Gasteiger charge is -2.22. The molecule has 1 saturated heterocycles. The number of hydrogen-bond acceptors (Lipinski definition) is 5. The summed E-state index contributed by atoms with van der Waals surface area (Å²) in [4.78, 5) is 25.6. The van der Waals surface area contributed by atoms with Crippen LogP contribution in [0, 0.1) is 11.3 Å². The standard InChI is InChI=1S/C14H14N2O4S/c15-5-6-21-12-4-2-1-3-10(12)13(18)16-8-9(17)7-11(16)14(19)20/h1-4,9,11,17H,6-8H2,(H,19,20). The maximum atomic E-state index is 12.5. The van der Waals surface area contributed by atoms with E-state index in [1.165, 1.54) is 16.7 Å². The Morgan fingerprint density at radius 3 is 2.81 bits per heavy atom. The van der Waals surface area contributed by atoms with Gasteiger partial charge in [-0.05, 0) is 12.1 Å². The molecule has 0 bridgehead atoms. The van der Waals surface area contributed by atoms with Crippen LogP contribution >= 0.6 is 11.8 Å². The summed E-state index contributed by atoms with van der Waals surface area (Å²) in [6.07, 6.45) is -0.789. The molecule has 21 heavy (non-hydrogen) atoms. The summed E-state index contributed by atoms with van der Waals surface area (Å²) in [6.45, 7) is 0.00699. The molecule has 0 aromatic heterocycles. The van der Waals surface area contributed by atoms with Crippen molar-refractivity contribution in [2.24, 2.45) is 0 Å². The predicted molar refractivity (Wildman–Crippen MR) is 75.9 cm³/mol. The van der Waals surface area contributed by atoms with E-state index in [1.807, 2.05) is 6.07 Å². The molecule has 6 nitrogen and oxygen atoms in total. The van der Waals surface area contributed by atoms with Gasteiger partial charge < -0.3 is 15.1 Å². The number of thioether (sulfide) groups is 1. The lowest BCUT2D eigenvalue weighted by molar-refractivity contribution is -0.141. The SMILES string of the molecule is N#CCSc1ccccc1C(=O)N1CC(O)CC1C(=O)O. The fourth-order valence-corrected chi connectivity index (χ4v) is 3.01. The third kappa shape index (κ3) is 3.35. The minimum atomic E-state index is -1.12. The van der Waals surface area contributed by atoms with Gasteiger partial charge in [0.15, 0.2) is 0 Å². The second kappa shape index (κ2) is 6.61. The van der Waals surface area contributed by atoms with E-state index in [2.05, 4.69) is 0 Å². The Kier molecular flexibility index (Phi) is 4.83. The van der Waals surface area contributed by atoms with Gasteiger partial charge in [0.1, 0.15) is 6.04 Å². The fraction of sp³-hybridized carbons (Fsp3) is 0.357. The molecule has 110 valence electrons. The molecular formula is C14H14N2O4S. The van der Waals surface area contributed by atoms with Gasteiger partial charge in [-0.3, -0.25) is 4.79 Å². The second-order valence-electron chi connectivity index (χ2n) is 4.64. The van der Waals surface area contributed by atoms with E-state index in [4.69, 9.17) is 10.4 Å². The number of hydrogen-bond donors (Lipinski definition) is 2. The zero-order valence-electron chi connectivity index (χ0n) is 11.1. The Morgan fingerprint density at radius 1 is 1.43 bits per heavy atom. The van der Waals surface area contributed by atoms with Gasteiger partial charge in [-0.25, -0.2) is 4.79 Å². The summed E-state index contributed by atoms with van der Waals surface area (Å²) >= 11 is 1.23. The Morgan fingerprint density at radius 2 is 2.14 bits per heavy atom. The van der Waals surface area contributed by atoms with E-state index in [0.717, 1.165) is 0 Å². The third-order valence-corrected chi connectivity index (χ3v) is 4.18. The van der Waals surface area contributed by atoms with Crippen LogP contribution in [0.5, 0.6) is 0 Å². The highest BCUT2D eigenvalue weighted by Gasteiger charge is 2.39. The summed E-state index contributed by atoms with van der Waals surface area (Å²) < 4.78 is 0. The third-order valence-electron chi connectivity index (χ3n) is 3.23. The summed E-state index contributed by atoms with van der Waals surface area (Å²) in [5, 5.41) is 27.4. The number of rotatable bonds is 4. The second-order valence-corrected chi connectivity index (χ2v) is 5.66. The maximum Gasteiger partial charge on any atom is 0.326 e. The monoisotopic (exact) mass is 306 g/mol. The topological polar surface area (TPSA) is 102 Å². The zero-order chi connectivity index (χ0) is 15.4. The molecule has 0 aliphatic carbocycles. The van der Waals surface area contributed by atoms with Gasteiger partial charge in [0.25, 0.3) is 5.91 Å². The van der Waals surface area contributed by atoms with E-state index in [1.54, 1.807) is 24.3 Å². The van der Waals surface area contributed by atoms with Gasteiger partial charge in [0, 0.05) is 17.9 Å². The number of β-amino-alcohol motifs (C(OH)–C–C–N with tert-alkyl or cyclic N) is 1. The number of aliphatic carboxylic acids is 1. The van der Waals surface area contributed by atoms with E-state index >= 15 is 0 Å². The Balaban J connectivity index is 2.27. The number of carboxylic acid groups (broad SMARTS) is 1. The van der Waals surface area contributed by atoms with Gasteiger partial charge in [0.2, 0.25) is 0 Å². The first-order chi connectivity index (χ1) is 10.0. The van der Waals surface area contributed by atoms with Crippen molar-refractivity contribution in [3.63, 3.8) is 0 Å². The molecule has 1 fully saturated rings. The maximum absolute atomic E-state index is 12.5. The van der Waals surface area contributed by atoms with Gasteiger partial charge in [-0.15, -0.1) is 11.8 Å². The van der Waals surface area contributed by atoms with Crippen LogP contribution in [0.3, 0.4) is 0 Å². The van der Waals surface area contributed by atoms with Crippen LogP contribution in [0.15, 0.2) is 29.2 Å². The van der Waals surface area contributed by atoms with Crippen molar-refractivity contribution in [1.82, 2.24) is 4.90 Å². The number of nitriles is 1. The average Bonchev–Trinajstić information content (AvgIpc) is 2.87. The molecular weight excluding hydrogens is 292 g/mol. The summed E-state index contributed by atoms with van der Waals surface area (Å²) in [5.74, 6) is -1.35. The molecule has 7 heteroatoms. The summed E-state index contributed by atoms with van der Waals surface area (Å²) in [5.41, 5.74) is 0.359. The largest absolute Gasteiger partial charge is 0.480 e. The smallest absolute Gasteiger partial charge is 0.326 e. The minimum absolute atomic E-state index is 0.00699. The first-order valence-corrected chi connectivity index (χ1v) is 7.33. The molecule has 2 atom stereocenters. The number of benzene rings is 1. The van der Waals surface area contributed by atoms with Crippen molar-refractivity contribution in [1.29, 1.82) is 5.26 Å². The first-order valence-electron chi connectivity index (χ1n) is 6.35. The molecule has 1 aliphatic heterocycles. The zero-order valence-corrected chi connectivity index (χ0v) is 11.9. The van der Waals surface area contributed by atoms with Gasteiger partial charge >= 0.3 is 5.97 Å². The van der Waals surface area contributed by atoms with Crippen LogP contribution in [-0.2, 0) is 4.79 Å². The lowest BCUT2D eigenvalue weighted by atomic mass is 10.1. The molecule has 1 amide bonds.